The van der Waals surface area contributed by atoms with Crippen LogP contribution in [0.25, 0.3) is 0 Å². The van der Waals surface area contributed by atoms with Crippen LogP contribution in [0.4, 0.5) is 0 Å². The van der Waals surface area contributed by atoms with E-state index in [2.05, 4.69) is 6.92 Å². The minimum atomic E-state index is -0.0513. The summed E-state index contributed by atoms with van der Waals surface area (Å²) in [6, 6.07) is 5.95. The third kappa shape index (κ3) is 17.0. The first-order chi connectivity index (χ1) is 12.8. The maximum absolute atomic E-state index is 11.7. The van der Waals surface area contributed by atoms with E-state index in [-0.39, 0.29) is 23.0 Å². The molecule has 0 N–H and O–H groups in total. The van der Waals surface area contributed by atoms with Crippen LogP contribution in [-0.4, -0.2) is 12.6 Å². The zero-order chi connectivity index (χ0) is 18.7. The third-order valence-electron chi connectivity index (χ3n) is 4.87. The van der Waals surface area contributed by atoms with Crippen molar-refractivity contribution in [2.45, 2.75) is 103 Å². The van der Waals surface area contributed by atoms with Crippen molar-refractivity contribution in [1.82, 2.24) is 0 Å². The summed E-state index contributed by atoms with van der Waals surface area (Å²) < 4.78 is 7.32. The van der Waals surface area contributed by atoms with Gasteiger partial charge in [0.2, 0.25) is 0 Å². The molecule has 1 aromatic rings. The van der Waals surface area contributed by atoms with E-state index in [4.69, 9.17) is 4.74 Å². The Morgan fingerprint density at radius 1 is 0.741 bits per heavy atom. The molecule has 4 heteroatoms. The number of ether oxygens (including phenoxy) is 1. The molecule has 1 heterocycles. The number of nitrogens with zero attached hydrogens (tertiary/aromatic N) is 1. The number of rotatable bonds is 17. The monoisotopic (exact) mass is 441 g/mol. The summed E-state index contributed by atoms with van der Waals surface area (Å²) in [5.41, 5.74) is 0. The lowest BCUT2D eigenvalue weighted by atomic mass is 10.0. The van der Waals surface area contributed by atoms with Crippen LogP contribution in [0.5, 0.6) is 0 Å². The summed E-state index contributed by atoms with van der Waals surface area (Å²) in [6.45, 7) is 3.46. The topological polar surface area (TPSA) is 30.2 Å². The van der Waals surface area contributed by atoms with Crippen LogP contribution < -0.4 is 21.5 Å². The molecule has 0 amide bonds. The fraction of sp³-hybridized carbons (Fsp3) is 0.739. The van der Waals surface area contributed by atoms with Crippen LogP contribution in [0.1, 0.15) is 96.8 Å². The molecule has 1 rings (SSSR count). The molecule has 0 unspecified atom stereocenters. The number of hydrogen-bond donors (Lipinski definition) is 0. The summed E-state index contributed by atoms with van der Waals surface area (Å²) in [5, 5.41) is 0. The number of pyridine rings is 1. The molecule has 156 valence electrons. The van der Waals surface area contributed by atoms with E-state index >= 15 is 0 Å². The molecular weight excluding hydrogens is 402 g/mol. The Labute approximate surface area is 177 Å². The molecule has 27 heavy (non-hydrogen) atoms. The Morgan fingerprint density at radius 3 is 1.74 bits per heavy atom. The smallest absolute Gasteiger partial charge is 0.306 e. The molecule has 0 spiro atoms. The summed E-state index contributed by atoms with van der Waals surface area (Å²) >= 11 is 0. The summed E-state index contributed by atoms with van der Waals surface area (Å²) in [5.74, 6) is -0.0513. The number of carbonyl (C=O) groups excluding carboxylic acids is 1. The lowest BCUT2D eigenvalue weighted by Crippen LogP contribution is -3.00. The first-order valence-electron chi connectivity index (χ1n) is 10.9. The highest BCUT2D eigenvalue weighted by molar-refractivity contribution is 5.69. The van der Waals surface area contributed by atoms with Crippen LogP contribution in [0, 0.1) is 0 Å². The second-order valence-electron chi connectivity index (χ2n) is 7.33. The van der Waals surface area contributed by atoms with Gasteiger partial charge in [-0.3, -0.25) is 4.79 Å². The molecule has 0 bridgehead atoms. The number of aromatic nitrogens is 1. The quantitative estimate of drug-likeness (QED) is 0.211. The number of halogens is 1. The van der Waals surface area contributed by atoms with Gasteiger partial charge < -0.3 is 21.7 Å². The standard InChI is InChI=1S/C23H40NO2.BrH/c1-2-3-4-5-6-7-8-9-10-11-12-13-15-18-23(25)26-22-21-24-19-16-14-17-20-24;/h14,16-17,19-20H,2-13,15,18,21-22H2,1H3;1H/q+1;/p-1. The summed E-state index contributed by atoms with van der Waals surface area (Å²) in [6.07, 6.45) is 21.8. The molecule has 1 aromatic heterocycles. The molecule has 0 saturated carbocycles. The molecule has 0 saturated heterocycles. The second-order valence-corrected chi connectivity index (χ2v) is 7.33. The van der Waals surface area contributed by atoms with Crippen molar-refractivity contribution in [2.75, 3.05) is 6.61 Å². The lowest BCUT2D eigenvalue weighted by Gasteiger charge is -2.04. The fourth-order valence-corrected chi connectivity index (χ4v) is 3.21. The Morgan fingerprint density at radius 2 is 1.22 bits per heavy atom. The molecule has 0 aliphatic heterocycles. The van der Waals surface area contributed by atoms with Crippen molar-refractivity contribution in [3.63, 3.8) is 0 Å². The highest BCUT2D eigenvalue weighted by Crippen LogP contribution is 2.13. The Bertz CT molecular complexity index is 439. The number of hydrogen-bond acceptors (Lipinski definition) is 2. The van der Waals surface area contributed by atoms with E-state index in [1.807, 2.05) is 35.2 Å². The van der Waals surface area contributed by atoms with Crippen molar-refractivity contribution < 1.29 is 31.1 Å². The van der Waals surface area contributed by atoms with Gasteiger partial charge in [0.15, 0.2) is 25.5 Å². The molecular formula is C23H40BrNO2. The van der Waals surface area contributed by atoms with Crippen LogP contribution in [0.2, 0.25) is 0 Å². The zero-order valence-corrected chi connectivity index (χ0v) is 18.9. The van der Waals surface area contributed by atoms with Crippen LogP contribution in [-0.2, 0) is 16.1 Å². The average Bonchev–Trinajstić information content (AvgIpc) is 2.66. The molecule has 0 aromatic carbocycles. The predicted octanol–water partition coefficient (Wildman–Crippen LogP) is 3.00. The minimum absolute atomic E-state index is 0. The van der Waals surface area contributed by atoms with Gasteiger partial charge in [0.1, 0.15) is 0 Å². The molecule has 0 aliphatic carbocycles. The minimum Gasteiger partial charge on any atom is -1.00 e. The van der Waals surface area contributed by atoms with Crippen molar-refractivity contribution in [1.29, 1.82) is 0 Å². The SMILES string of the molecule is CCCCCCCCCCCCCCCC(=O)OCC[n+]1ccccc1.[Br-]. The van der Waals surface area contributed by atoms with Gasteiger partial charge in [0.05, 0.1) is 0 Å². The number of unbranched alkanes of at least 4 members (excludes halogenated alkanes) is 12. The van der Waals surface area contributed by atoms with E-state index < -0.39 is 0 Å². The first-order valence-corrected chi connectivity index (χ1v) is 10.9. The number of esters is 1. The van der Waals surface area contributed by atoms with Gasteiger partial charge in [-0.05, 0) is 6.42 Å². The van der Waals surface area contributed by atoms with E-state index in [0.717, 1.165) is 19.4 Å². The highest BCUT2D eigenvalue weighted by atomic mass is 79.9. The molecule has 0 atom stereocenters. The van der Waals surface area contributed by atoms with Crippen molar-refractivity contribution in [3.8, 4) is 0 Å². The number of carbonyl (C=O) groups is 1. The lowest BCUT2D eigenvalue weighted by molar-refractivity contribution is -0.697. The Balaban J connectivity index is 0.00000676. The fourth-order valence-electron chi connectivity index (χ4n) is 3.21. The van der Waals surface area contributed by atoms with Crippen LogP contribution in [0.3, 0.4) is 0 Å². The van der Waals surface area contributed by atoms with Gasteiger partial charge in [0, 0.05) is 18.6 Å². The first kappa shape index (κ1) is 26.1. The van der Waals surface area contributed by atoms with Crippen molar-refractivity contribution in [2.24, 2.45) is 0 Å². The van der Waals surface area contributed by atoms with Gasteiger partial charge in [-0.2, -0.15) is 0 Å². The van der Waals surface area contributed by atoms with Gasteiger partial charge in [-0.25, -0.2) is 4.57 Å². The van der Waals surface area contributed by atoms with E-state index in [0.29, 0.717) is 13.0 Å². The predicted molar refractivity (Wildman–Crippen MR) is 108 cm³/mol. The van der Waals surface area contributed by atoms with Crippen LogP contribution >= 0.6 is 0 Å². The van der Waals surface area contributed by atoms with Gasteiger partial charge in [-0.15, -0.1) is 0 Å². The van der Waals surface area contributed by atoms with E-state index in [1.165, 1.54) is 70.6 Å². The summed E-state index contributed by atoms with van der Waals surface area (Å²) in [7, 11) is 0. The van der Waals surface area contributed by atoms with E-state index in [9.17, 15) is 4.79 Å². The molecule has 0 fully saturated rings. The van der Waals surface area contributed by atoms with Crippen LogP contribution in [0.15, 0.2) is 30.6 Å². The largest absolute Gasteiger partial charge is 1.00 e. The molecule has 3 nitrogen and oxygen atoms in total. The van der Waals surface area contributed by atoms with Gasteiger partial charge >= 0.3 is 5.97 Å². The van der Waals surface area contributed by atoms with Gasteiger partial charge in [-0.1, -0.05) is 90.0 Å². The highest BCUT2D eigenvalue weighted by Gasteiger charge is 2.05. The molecule has 0 aliphatic rings. The normalized spacial score (nSPS) is 10.4. The maximum atomic E-state index is 11.7. The molecule has 0 radical (unpaired) electrons. The average molecular weight is 442 g/mol. The maximum Gasteiger partial charge on any atom is 0.306 e. The Hall–Kier alpha value is -0.900. The Kier molecular flexibility index (Phi) is 19.2. The third-order valence-corrected chi connectivity index (χ3v) is 4.87. The van der Waals surface area contributed by atoms with E-state index in [1.54, 1.807) is 0 Å². The zero-order valence-electron chi connectivity index (χ0n) is 17.3. The van der Waals surface area contributed by atoms with Gasteiger partial charge in [0.25, 0.3) is 0 Å². The van der Waals surface area contributed by atoms with Crippen molar-refractivity contribution >= 4 is 5.97 Å². The van der Waals surface area contributed by atoms with Crippen molar-refractivity contribution in [3.05, 3.63) is 30.6 Å². The second kappa shape index (κ2) is 19.9. The summed E-state index contributed by atoms with van der Waals surface area (Å²) in [4.78, 5) is 11.7.